The molecule has 0 radical (unpaired) electrons. The van der Waals surface area contributed by atoms with E-state index < -0.39 is 0 Å². The largest absolute Gasteiger partial charge is 0.308 e. The van der Waals surface area contributed by atoms with Gasteiger partial charge >= 0.3 is 0 Å². The Balaban J connectivity index is 1.25. The summed E-state index contributed by atoms with van der Waals surface area (Å²) in [7, 11) is 0. The first-order valence-electron chi connectivity index (χ1n) is 12.6. The summed E-state index contributed by atoms with van der Waals surface area (Å²) in [6.45, 7) is 0. The summed E-state index contributed by atoms with van der Waals surface area (Å²) in [4.78, 5) is 7.40. The molecule has 0 spiro atoms. The minimum absolute atomic E-state index is 0.913. The Morgan fingerprint density at radius 1 is 0.486 bits per heavy atom. The summed E-state index contributed by atoms with van der Waals surface area (Å²) in [5.74, 6) is 0. The smallest absolute Gasteiger partial charge is 0.0716 e. The van der Waals surface area contributed by atoms with Gasteiger partial charge in [-0.2, -0.15) is 0 Å². The second kappa shape index (κ2) is 6.28. The Labute approximate surface area is 204 Å². The number of nitrogens with zero attached hydrogens (tertiary/aromatic N) is 2. The van der Waals surface area contributed by atoms with Crippen LogP contribution in [0, 0.1) is 0 Å². The van der Waals surface area contributed by atoms with Gasteiger partial charge in [-0.3, -0.25) is 4.98 Å². The lowest BCUT2D eigenvalue weighted by Gasteiger charge is -2.39. The molecule has 0 fully saturated rings. The topological polar surface area (TPSA) is 16.1 Å². The third-order valence-corrected chi connectivity index (χ3v) is 8.66. The molecule has 2 nitrogen and oxygen atoms in total. The Morgan fingerprint density at radius 3 is 2.11 bits per heavy atom. The first-order chi connectivity index (χ1) is 17.3. The zero-order chi connectivity index (χ0) is 22.7. The molecule has 0 unspecified atom stereocenters. The van der Waals surface area contributed by atoms with E-state index in [4.69, 9.17) is 4.98 Å². The summed E-state index contributed by atoms with van der Waals surface area (Å²) >= 11 is 0. The number of hydrogen-bond donors (Lipinski definition) is 0. The second-order valence-electron chi connectivity index (χ2n) is 10.3. The lowest BCUT2D eigenvalue weighted by Crippen LogP contribution is -2.26. The molecule has 0 saturated carbocycles. The van der Waals surface area contributed by atoms with Gasteiger partial charge in [-0.15, -0.1) is 0 Å². The van der Waals surface area contributed by atoms with Crippen molar-refractivity contribution in [1.29, 1.82) is 0 Å². The molecule has 2 aliphatic heterocycles. The normalized spacial score (nSPS) is 14.9. The molecule has 164 valence electrons. The number of pyridine rings is 1. The van der Waals surface area contributed by atoms with E-state index in [1.54, 1.807) is 0 Å². The molecule has 1 aromatic heterocycles. The van der Waals surface area contributed by atoms with E-state index in [-0.39, 0.29) is 0 Å². The molecular formula is C33H22N2. The van der Waals surface area contributed by atoms with Crippen molar-refractivity contribution in [3.8, 4) is 22.3 Å². The van der Waals surface area contributed by atoms with E-state index in [1.807, 2.05) is 6.20 Å². The van der Waals surface area contributed by atoms with Crippen LogP contribution in [-0.4, -0.2) is 4.98 Å². The van der Waals surface area contributed by atoms with Crippen LogP contribution in [-0.2, 0) is 25.7 Å². The molecule has 0 bridgehead atoms. The molecule has 4 aromatic carbocycles. The standard InChI is InChI=1S/C33H22N2/c1-3-7-22-19(5-1)16-26-23(22)9-10-24-25-11-12-32-29(28(25)17-27(24)26)18-30-33-21(13-14-34-30)15-20-6-2-4-8-31(20)35(32)33/h1-14H,15-18H2. The summed E-state index contributed by atoms with van der Waals surface area (Å²) < 4.78 is 0. The van der Waals surface area contributed by atoms with Gasteiger partial charge in [0.1, 0.15) is 0 Å². The van der Waals surface area contributed by atoms with Crippen molar-refractivity contribution in [2.75, 3.05) is 4.90 Å². The van der Waals surface area contributed by atoms with Crippen molar-refractivity contribution in [2.45, 2.75) is 25.7 Å². The molecule has 35 heavy (non-hydrogen) atoms. The SMILES string of the molecule is c1ccc2c(c1)Cc1c-2ccc2c1Cc1c-2ccc2c1Cc1nccc3c1N2c1ccccc1C3. The van der Waals surface area contributed by atoms with Crippen molar-refractivity contribution in [1.82, 2.24) is 4.98 Å². The van der Waals surface area contributed by atoms with Gasteiger partial charge in [-0.25, -0.2) is 0 Å². The zero-order valence-electron chi connectivity index (χ0n) is 19.3. The molecule has 0 N–H and O–H groups in total. The van der Waals surface area contributed by atoms with Crippen LogP contribution in [0.4, 0.5) is 17.1 Å². The third kappa shape index (κ3) is 2.23. The van der Waals surface area contributed by atoms with Crippen molar-refractivity contribution in [3.05, 3.63) is 130 Å². The van der Waals surface area contributed by atoms with Crippen LogP contribution < -0.4 is 4.90 Å². The Morgan fingerprint density at radius 2 is 1.20 bits per heavy atom. The summed E-state index contributed by atoms with van der Waals surface area (Å²) in [5.41, 5.74) is 21.1. The summed E-state index contributed by atoms with van der Waals surface area (Å²) in [5, 5.41) is 0. The Hall–Kier alpha value is -4.17. The summed E-state index contributed by atoms with van der Waals surface area (Å²) in [6.07, 6.45) is 5.98. The molecule has 4 aliphatic rings. The Bertz CT molecular complexity index is 1760. The maximum absolute atomic E-state index is 4.90. The highest BCUT2D eigenvalue weighted by molar-refractivity contribution is 5.93. The van der Waals surface area contributed by atoms with E-state index in [1.165, 1.54) is 84.0 Å². The third-order valence-electron chi connectivity index (χ3n) is 8.66. The van der Waals surface area contributed by atoms with E-state index >= 15 is 0 Å². The van der Waals surface area contributed by atoms with Gasteiger partial charge in [0.2, 0.25) is 0 Å². The van der Waals surface area contributed by atoms with Crippen LogP contribution in [0.5, 0.6) is 0 Å². The van der Waals surface area contributed by atoms with Crippen LogP contribution in [0.15, 0.2) is 85.1 Å². The molecule has 9 rings (SSSR count). The predicted molar refractivity (Wildman–Crippen MR) is 141 cm³/mol. The van der Waals surface area contributed by atoms with E-state index in [0.717, 1.165) is 25.7 Å². The first-order valence-corrected chi connectivity index (χ1v) is 12.6. The lowest BCUT2D eigenvalue weighted by atomic mass is 9.86. The minimum Gasteiger partial charge on any atom is -0.308 e. The lowest BCUT2D eigenvalue weighted by molar-refractivity contribution is 0.948. The maximum Gasteiger partial charge on any atom is 0.0716 e. The van der Waals surface area contributed by atoms with Gasteiger partial charge in [-0.05, 0) is 92.2 Å². The molecule has 3 heterocycles. The van der Waals surface area contributed by atoms with Crippen LogP contribution in [0.1, 0.15) is 44.6 Å². The van der Waals surface area contributed by atoms with Crippen LogP contribution >= 0.6 is 0 Å². The fourth-order valence-corrected chi connectivity index (χ4v) is 7.16. The van der Waals surface area contributed by atoms with Crippen molar-refractivity contribution in [3.63, 3.8) is 0 Å². The van der Waals surface area contributed by atoms with E-state index in [9.17, 15) is 0 Å². The van der Waals surface area contributed by atoms with E-state index in [2.05, 4.69) is 83.8 Å². The van der Waals surface area contributed by atoms with Crippen LogP contribution in [0.2, 0.25) is 0 Å². The molecule has 5 aromatic rings. The number of hydrogen-bond acceptors (Lipinski definition) is 2. The van der Waals surface area contributed by atoms with Crippen molar-refractivity contribution >= 4 is 17.1 Å². The number of rotatable bonds is 0. The van der Waals surface area contributed by atoms with Gasteiger partial charge in [0, 0.05) is 24.7 Å². The minimum atomic E-state index is 0.913. The van der Waals surface area contributed by atoms with Gasteiger partial charge < -0.3 is 4.90 Å². The highest BCUT2D eigenvalue weighted by Crippen LogP contribution is 2.54. The van der Waals surface area contributed by atoms with Crippen molar-refractivity contribution < 1.29 is 0 Å². The Kier molecular flexibility index (Phi) is 3.27. The molecule has 0 atom stereocenters. The van der Waals surface area contributed by atoms with Crippen LogP contribution in [0.25, 0.3) is 22.3 Å². The van der Waals surface area contributed by atoms with Gasteiger partial charge in [0.15, 0.2) is 0 Å². The predicted octanol–water partition coefficient (Wildman–Crippen LogP) is 7.50. The maximum atomic E-state index is 4.90. The number of aromatic nitrogens is 1. The molecule has 2 aliphatic carbocycles. The molecule has 0 saturated heterocycles. The van der Waals surface area contributed by atoms with E-state index in [0.29, 0.717) is 0 Å². The average molecular weight is 447 g/mol. The molecule has 2 heteroatoms. The van der Waals surface area contributed by atoms with Gasteiger partial charge in [0.05, 0.1) is 17.1 Å². The first kappa shape index (κ1) is 18.2. The quantitative estimate of drug-likeness (QED) is 0.240. The average Bonchev–Trinajstić information content (AvgIpc) is 3.47. The van der Waals surface area contributed by atoms with Gasteiger partial charge in [0.25, 0.3) is 0 Å². The number of benzene rings is 4. The molecular weight excluding hydrogens is 424 g/mol. The highest BCUT2D eigenvalue weighted by Gasteiger charge is 2.36. The fraction of sp³-hybridized carbons (Fsp3) is 0.121. The summed E-state index contributed by atoms with van der Waals surface area (Å²) in [6, 6.07) is 29.5. The van der Waals surface area contributed by atoms with Gasteiger partial charge in [-0.1, -0.05) is 60.7 Å². The highest BCUT2D eigenvalue weighted by atomic mass is 15.2. The zero-order valence-corrected chi connectivity index (χ0v) is 19.3. The number of fused-ring (bicyclic) bond motifs is 12. The molecule has 0 amide bonds. The van der Waals surface area contributed by atoms with Crippen LogP contribution in [0.3, 0.4) is 0 Å². The number of anilines is 3. The fourth-order valence-electron chi connectivity index (χ4n) is 7.16. The monoisotopic (exact) mass is 446 g/mol. The number of para-hydroxylation sites is 1. The van der Waals surface area contributed by atoms with Crippen molar-refractivity contribution in [2.24, 2.45) is 0 Å². The second-order valence-corrected chi connectivity index (χ2v) is 10.3.